The maximum absolute atomic E-state index is 13.3. The number of fused-ring (bicyclic) bond motifs is 1. The van der Waals surface area contributed by atoms with E-state index >= 15 is 0 Å². The molecule has 0 radical (unpaired) electrons. The van der Waals surface area contributed by atoms with Crippen LogP contribution in [0.15, 0.2) is 47.5 Å². The third kappa shape index (κ3) is 5.15. The van der Waals surface area contributed by atoms with E-state index in [0.717, 1.165) is 30.0 Å². The highest BCUT2D eigenvalue weighted by Gasteiger charge is 2.50. The predicted octanol–water partition coefficient (Wildman–Crippen LogP) is 4.21. The van der Waals surface area contributed by atoms with Gasteiger partial charge in [0.2, 0.25) is 0 Å². The lowest BCUT2D eigenvalue weighted by Crippen LogP contribution is -2.38. The van der Waals surface area contributed by atoms with Gasteiger partial charge in [0.1, 0.15) is 5.75 Å². The van der Waals surface area contributed by atoms with Crippen LogP contribution in [-0.4, -0.2) is 49.4 Å². The zero-order valence-corrected chi connectivity index (χ0v) is 19.6. The van der Waals surface area contributed by atoms with Crippen molar-refractivity contribution < 1.29 is 31.1 Å². The molecule has 0 aromatic heterocycles. The van der Waals surface area contributed by atoms with E-state index in [0.29, 0.717) is 11.3 Å². The molecule has 0 unspecified atom stereocenters. The number of thioether (sulfide) groups is 1. The predicted molar refractivity (Wildman–Crippen MR) is 122 cm³/mol. The summed E-state index contributed by atoms with van der Waals surface area (Å²) in [5.74, 6) is -0.300. The number of methoxy groups -OCH3 is 1. The van der Waals surface area contributed by atoms with Crippen molar-refractivity contribution in [3.05, 3.63) is 58.6 Å². The molecule has 0 aliphatic carbocycles. The van der Waals surface area contributed by atoms with E-state index in [4.69, 9.17) is 16.3 Å². The number of alkyl halides is 3. The third-order valence-electron chi connectivity index (χ3n) is 5.33. The number of carbonyl (C=O) groups is 1. The van der Waals surface area contributed by atoms with Crippen molar-refractivity contribution >= 4 is 50.0 Å². The van der Waals surface area contributed by atoms with Crippen LogP contribution in [0.4, 0.5) is 18.9 Å². The number of amidine groups is 1. The van der Waals surface area contributed by atoms with Crippen molar-refractivity contribution in [1.82, 2.24) is 0 Å². The quantitative estimate of drug-likeness (QED) is 0.603. The average Bonchev–Trinajstić information content (AvgIpc) is 3.19. The number of benzene rings is 2. The number of rotatable bonds is 4. The highest BCUT2D eigenvalue weighted by molar-refractivity contribution is 8.16. The maximum Gasteiger partial charge on any atom is 0.416 e. The number of halogens is 4. The molecule has 4 rings (SSSR count). The molecule has 2 aliphatic rings. The number of ether oxygens (including phenoxy) is 1. The molecule has 1 amide bonds. The molecular weight excluding hydrogens is 501 g/mol. The van der Waals surface area contributed by atoms with E-state index < -0.39 is 38.8 Å². The van der Waals surface area contributed by atoms with Crippen molar-refractivity contribution in [2.75, 3.05) is 23.5 Å². The van der Waals surface area contributed by atoms with Crippen molar-refractivity contribution in [3.8, 4) is 5.75 Å². The molecule has 12 heteroatoms. The number of anilines is 1. The first kappa shape index (κ1) is 23.9. The highest BCUT2D eigenvalue weighted by Crippen LogP contribution is 2.44. The Hall–Kier alpha value is -2.24. The largest absolute Gasteiger partial charge is 0.497 e. The Kier molecular flexibility index (Phi) is 6.41. The summed E-state index contributed by atoms with van der Waals surface area (Å²) in [6, 6.07) is 8.96. The van der Waals surface area contributed by atoms with Gasteiger partial charge in [-0.2, -0.15) is 18.2 Å². The number of hydrogen-bond donors (Lipinski definition) is 0. The fourth-order valence-electron chi connectivity index (χ4n) is 3.78. The van der Waals surface area contributed by atoms with Crippen LogP contribution in [0, 0.1) is 0 Å². The molecule has 2 saturated heterocycles. The third-order valence-corrected chi connectivity index (χ3v) is 8.86. The minimum Gasteiger partial charge on any atom is -0.497 e. The average molecular weight is 519 g/mol. The van der Waals surface area contributed by atoms with Gasteiger partial charge in [0, 0.05) is 5.25 Å². The van der Waals surface area contributed by atoms with Crippen molar-refractivity contribution in [2.24, 2.45) is 4.99 Å². The molecule has 2 fully saturated rings. The monoisotopic (exact) mass is 518 g/mol. The zero-order chi connectivity index (χ0) is 24.0. The number of nitrogens with zero attached hydrogens (tertiary/aromatic N) is 2. The SMILES string of the molecule is COc1ccc(CC(=O)N=C2S[C@H]3CS(=O)(=O)C[C@@H]3N2c2cc(C(F)(F)F)ccc2Cl)cc1. The standard InChI is InChI=1S/C21H18ClF3N2O4S2/c1-31-14-5-2-12(3-6-14)8-19(28)26-20-27(17-10-33(29,30)11-18(17)32-20)16-9-13(21(23,24)25)4-7-15(16)22/h2-7,9,17-18H,8,10-11H2,1H3/t17-,18-/m0/s1. The summed E-state index contributed by atoms with van der Waals surface area (Å²) in [4.78, 5) is 18.2. The lowest BCUT2D eigenvalue weighted by molar-refractivity contribution is -0.137. The second kappa shape index (κ2) is 8.84. The molecule has 0 N–H and O–H groups in total. The molecule has 33 heavy (non-hydrogen) atoms. The lowest BCUT2D eigenvalue weighted by atomic mass is 10.1. The fraction of sp³-hybridized carbons (Fsp3) is 0.333. The van der Waals surface area contributed by atoms with Crippen molar-refractivity contribution in [1.29, 1.82) is 0 Å². The van der Waals surface area contributed by atoms with Gasteiger partial charge in [-0.05, 0) is 35.9 Å². The lowest BCUT2D eigenvalue weighted by Gasteiger charge is -2.26. The van der Waals surface area contributed by atoms with Gasteiger partial charge in [0.25, 0.3) is 5.91 Å². The van der Waals surface area contributed by atoms with E-state index in [2.05, 4.69) is 4.99 Å². The molecule has 2 aromatic rings. The second-order valence-electron chi connectivity index (χ2n) is 7.65. The summed E-state index contributed by atoms with van der Waals surface area (Å²) in [6.45, 7) is 0. The Morgan fingerprint density at radius 1 is 1.21 bits per heavy atom. The van der Waals surface area contributed by atoms with E-state index in [1.165, 1.54) is 12.0 Å². The van der Waals surface area contributed by atoms with Crippen LogP contribution < -0.4 is 9.64 Å². The first-order chi connectivity index (χ1) is 15.5. The van der Waals surface area contributed by atoms with E-state index in [1.54, 1.807) is 24.3 Å². The van der Waals surface area contributed by atoms with Crippen LogP contribution in [0.25, 0.3) is 0 Å². The zero-order valence-electron chi connectivity index (χ0n) is 17.2. The summed E-state index contributed by atoms with van der Waals surface area (Å²) in [5.41, 5.74) is -0.278. The van der Waals surface area contributed by atoms with Crippen LogP contribution in [0.3, 0.4) is 0 Å². The van der Waals surface area contributed by atoms with Crippen molar-refractivity contribution in [3.63, 3.8) is 0 Å². The maximum atomic E-state index is 13.3. The summed E-state index contributed by atoms with van der Waals surface area (Å²) in [5, 5.41) is -0.323. The number of carbonyl (C=O) groups excluding carboxylic acids is 1. The van der Waals surface area contributed by atoms with Gasteiger partial charge >= 0.3 is 6.18 Å². The second-order valence-corrected chi connectivity index (χ2v) is 11.4. The molecule has 2 aromatic carbocycles. The molecule has 0 saturated carbocycles. The van der Waals surface area contributed by atoms with Crippen LogP contribution >= 0.6 is 23.4 Å². The molecule has 6 nitrogen and oxygen atoms in total. The van der Waals surface area contributed by atoms with Crippen LogP contribution in [0.2, 0.25) is 5.02 Å². The molecule has 0 bridgehead atoms. The van der Waals surface area contributed by atoms with Gasteiger partial charge in [-0.25, -0.2) is 8.42 Å². The molecule has 2 heterocycles. The topological polar surface area (TPSA) is 76.0 Å². The first-order valence-corrected chi connectivity index (χ1v) is 12.8. The number of aliphatic imine (C=N–C) groups is 1. The Morgan fingerprint density at radius 2 is 1.91 bits per heavy atom. The van der Waals surface area contributed by atoms with Crippen LogP contribution in [-0.2, 0) is 27.2 Å². The van der Waals surface area contributed by atoms with E-state index in [9.17, 15) is 26.4 Å². The molecule has 0 spiro atoms. The summed E-state index contributed by atoms with van der Waals surface area (Å²) < 4.78 is 69.4. The molecule has 176 valence electrons. The highest BCUT2D eigenvalue weighted by atomic mass is 35.5. The summed E-state index contributed by atoms with van der Waals surface area (Å²) >= 11 is 7.30. The Labute approximate surface area is 197 Å². The summed E-state index contributed by atoms with van der Waals surface area (Å²) in [7, 11) is -1.86. The molecule has 2 atom stereocenters. The minimum atomic E-state index is -4.62. The van der Waals surface area contributed by atoms with Gasteiger partial charge in [-0.15, -0.1) is 0 Å². The van der Waals surface area contributed by atoms with Gasteiger partial charge < -0.3 is 9.64 Å². The van der Waals surface area contributed by atoms with Crippen LogP contribution in [0.1, 0.15) is 11.1 Å². The van der Waals surface area contributed by atoms with Gasteiger partial charge in [-0.1, -0.05) is 35.5 Å². The summed E-state index contributed by atoms with van der Waals surface area (Å²) in [6.07, 6.45) is -4.65. The molecular formula is C21H18ClF3N2O4S2. The Bertz CT molecular complexity index is 1220. The Morgan fingerprint density at radius 3 is 2.55 bits per heavy atom. The smallest absolute Gasteiger partial charge is 0.416 e. The number of amides is 1. The van der Waals surface area contributed by atoms with Gasteiger partial charge in [0.05, 0.1) is 47.4 Å². The van der Waals surface area contributed by atoms with Crippen molar-refractivity contribution in [2.45, 2.75) is 23.9 Å². The number of hydrogen-bond acceptors (Lipinski definition) is 5. The number of sulfone groups is 1. The first-order valence-electron chi connectivity index (χ1n) is 9.74. The normalized spacial score (nSPS) is 23.1. The molecule has 2 aliphatic heterocycles. The van der Waals surface area contributed by atoms with Crippen LogP contribution in [0.5, 0.6) is 5.75 Å². The fourth-order valence-corrected chi connectivity index (χ4v) is 7.92. The Balaban J connectivity index is 1.69. The van der Waals surface area contributed by atoms with Gasteiger partial charge in [0.15, 0.2) is 15.0 Å². The van der Waals surface area contributed by atoms with E-state index in [1.807, 2.05) is 0 Å². The van der Waals surface area contributed by atoms with Gasteiger partial charge in [-0.3, -0.25) is 4.79 Å². The van der Waals surface area contributed by atoms with E-state index in [-0.39, 0.29) is 33.8 Å². The minimum absolute atomic E-state index is 0.00357.